The van der Waals surface area contributed by atoms with Gasteiger partial charge in [0.05, 0.1) is 0 Å². The molecule has 14 heteroatoms. The van der Waals surface area contributed by atoms with Gasteiger partial charge in [-0.05, 0) is 0 Å². The summed E-state index contributed by atoms with van der Waals surface area (Å²) < 4.78 is 126. The molecular formula is C2F12Si2. The van der Waals surface area contributed by atoms with E-state index in [-0.39, 0.29) is 0 Å². The van der Waals surface area contributed by atoms with Gasteiger partial charge in [0.1, 0.15) is 0 Å². The van der Waals surface area contributed by atoms with Crippen LogP contribution in [0.2, 0.25) is 0 Å². The first-order valence-electron chi connectivity index (χ1n) is 2.77. The lowest BCUT2D eigenvalue weighted by Gasteiger charge is -2.04. The van der Waals surface area contributed by atoms with Gasteiger partial charge in [-0.25, -0.2) is 24.6 Å². The first-order chi connectivity index (χ1) is 6.50. The van der Waals surface area contributed by atoms with Crippen LogP contribution in [0.1, 0.15) is 0 Å². The normalized spacial score (nSPS) is 14.2. The minimum Gasteiger partial charge on any atom is -0.232 e. The molecule has 0 N–H and O–H groups in total. The van der Waals surface area contributed by atoms with Gasteiger partial charge in [0.25, 0.3) is 0 Å². The number of hydrogen-bond donors (Lipinski definition) is 0. The van der Waals surface area contributed by atoms with Crippen LogP contribution >= 0.6 is 0 Å². The maximum absolute atomic E-state index is 10.6. The molecular weight excluding hydrogens is 308 g/mol. The van der Waals surface area contributed by atoms with E-state index in [0.717, 1.165) is 0 Å². The zero-order valence-electron chi connectivity index (χ0n) is 6.54. The van der Waals surface area contributed by atoms with Crippen LogP contribution in [0.5, 0.6) is 0 Å². The third-order valence-corrected chi connectivity index (χ3v) is 1.93. The van der Waals surface area contributed by atoms with Gasteiger partial charge in [0.2, 0.25) is 0 Å². The predicted octanol–water partition coefficient (Wildman–Crippen LogP) is 3.87. The minimum atomic E-state index is -7.36. The van der Waals surface area contributed by atoms with Gasteiger partial charge in [0, 0.05) is 0 Å². The minimum absolute atomic E-state index is 5.92. The third-order valence-electron chi connectivity index (χ3n) is 0.643. The molecule has 0 aliphatic carbocycles. The average molecular weight is 308 g/mol. The van der Waals surface area contributed by atoms with E-state index in [1.165, 1.54) is 0 Å². The molecule has 0 rings (SSSR count). The molecule has 0 saturated heterocycles. The van der Waals surface area contributed by atoms with E-state index in [1.807, 2.05) is 0 Å². The Morgan fingerprint density at radius 2 is 0.500 bits per heavy atom. The predicted molar refractivity (Wildman–Crippen MR) is 30.3 cm³/mol. The molecule has 0 radical (unpaired) electrons. The van der Waals surface area contributed by atoms with Gasteiger partial charge in [0.15, 0.2) is 0 Å². The summed E-state index contributed by atoms with van der Waals surface area (Å²) in [4.78, 5) is 0. The topological polar surface area (TPSA) is 0 Å². The summed E-state index contributed by atoms with van der Waals surface area (Å²) in [5.74, 6) is -11.8. The highest BCUT2D eigenvalue weighted by molar-refractivity contribution is 6.61. The van der Waals surface area contributed by atoms with Crippen molar-refractivity contribution >= 4 is 18.2 Å². The molecule has 0 unspecified atom stereocenters. The lowest BCUT2D eigenvalue weighted by molar-refractivity contribution is -0.0841. The van der Waals surface area contributed by atoms with Crippen molar-refractivity contribution in [3.8, 4) is 0 Å². The smallest absolute Gasteiger partial charge is 0.232 e. The Labute approximate surface area is 81.9 Å². The van der Waals surface area contributed by atoms with Crippen LogP contribution in [0.3, 0.4) is 0 Å². The van der Waals surface area contributed by atoms with Crippen LogP contribution in [0.15, 0.2) is 0 Å². The Hall–Kier alpha value is -0.406. The SMILES string of the molecule is FC(F)(F)[Si](F)(F)F.FC(F)(F)[Si](F)(F)F. The Bertz CT molecular complexity index is 151. The molecule has 0 heterocycles. The average Bonchev–Trinajstić information content (AvgIpc) is 1.77. The van der Waals surface area contributed by atoms with E-state index in [4.69, 9.17) is 0 Å². The van der Waals surface area contributed by atoms with Crippen molar-refractivity contribution in [1.82, 2.24) is 0 Å². The molecule has 0 spiro atoms. The molecule has 0 aliphatic heterocycles. The van der Waals surface area contributed by atoms with Gasteiger partial charge < -0.3 is 0 Å². The van der Waals surface area contributed by atoms with Crippen LogP contribution in [-0.4, -0.2) is 29.7 Å². The maximum atomic E-state index is 10.6. The molecule has 0 aliphatic rings. The summed E-state index contributed by atoms with van der Waals surface area (Å²) >= 11 is 0. The van der Waals surface area contributed by atoms with Gasteiger partial charge in [-0.15, -0.1) is 0 Å². The molecule has 16 heavy (non-hydrogen) atoms. The summed E-state index contributed by atoms with van der Waals surface area (Å²) in [6.07, 6.45) is 0. The fourth-order valence-electron chi connectivity index (χ4n) is 0. The largest absolute Gasteiger partial charge is 0.728 e. The van der Waals surface area contributed by atoms with E-state index in [9.17, 15) is 51.0 Å². The summed E-state index contributed by atoms with van der Waals surface area (Å²) in [6, 6.07) is 0. The molecule has 0 fully saturated rings. The zero-order chi connectivity index (χ0) is 14.0. The molecule has 0 saturated carbocycles. The Morgan fingerprint density at radius 3 is 0.500 bits per heavy atom. The van der Waals surface area contributed by atoms with Gasteiger partial charge in [-0.1, -0.05) is 0 Å². The summed E-state index contributed by atoms with van der Waals surface area (Å²) in [5.41, 5.74) is 0. The Balaban J connectivity index is 0. The van der Waals surface area contributed by atoms with Crippen molar-refractivity contribution in [1.29, 1.82) is 0 Å². The van der Waals surface area contributed by atoms with E-state index in [1.54, 1.807) is 0 Å². The summed E-state index contributed by atoms with van der Waals surface area (Å²) in [5, 5.41) is 0. The highest BCUT2D eigenvalue weighted by Crippen LogP contribution is 2.31. The quantitative estimate of drug-likeness (QED) is 0.362. The van der Waals surface area contributed by atoms with E-state index >= 15 is 0 Å². The molecule has 0 atom stereocenters. The molecule has 0 bridgehead atoms. The van der Waals surface area contributed by atoms with Crippen molar-refractivity contribution in [2.45, 2.75) is 11.6 Å². The Kier molecular flexibility index (Phi) is 5.44. The number of hydrogen-bond acceptors (Lipinski definition) is 0. The fourth-order valence-corrected chi connectivity index (χ4v) is 0. The first kappa shape index (κ1) is 18.0. The second-order valence-electron chi connectivity index (χ2n) is 1.99. The highest BCUT2D eigenvalue weighted by Gasteiger charge is 2.66. The maximum Gasteiger partial charge on any atom is 0.728 e. The molecule has 0 aromatic heterocycles. The lowest BCUT2D eigenvalue weighted by atomic mass is 11.5. The molecule has 100 valence electrons. The van der Waals surface area contributed by atoms with Gasteiger partial charge in [-0.2, -0.15) is 26.3 Å². The van der Waals surface area contributed by atoms with Crippen LogP contribution < -0.4 is 0 Å². The van der Waals surface area contributed by atoms with E-state index < -0.39 is 29.7 Å². The highest BCUT2D eigenvalue weighted by atomic mass is 28.5. The molecule has 0 amide bonds. The van der Waals surface area contributed by atoms with Gasteiger partial charge in [-0.3, -0.25) is 0 Å². The monoisotopic (exact) mass is 308 g/mol. The Morgan fingerprint density at radius 1 is 0.438 bits per heavy atom. The van der Waals surface area contributed by atoms with Crippen molar-refractivity contribution in [3.63, 3.8) is 0 Å². The fraction of sp³-hybridized carbons (Fsp3) is 1.00. The second-order valence-corrected chi connectivity index (χ2v) is 5.12. The summed E-state index contributed by atoms with van der Waals surface area (Å²) in [7, 11) is -14.7. The number of alkyl halides is 6. The molecule has 0 aromatic rings. The van der Waals surface area contributed by atoms with Crippen molar-refractivity contribution in [2.75, 3.05) is 0 Å². The van der Waals surface area contributed by atoms with Crippen molar-refractivity contribution in [2.24, 2.45) is 0 Å². The molecule has 0 nitrogen and oxygen atoms in total. The van der Waals surface area contributed by atoms with E-state index in [0.29, 0.717) is 0 Å². The van der Waals surface area contributed by atoms with Crippen molar-refractivity contribution in [3.05, 3.63) is 0 Å². The first-order valence-corrected chi connectivity index (χ1v) is 6.04. The van der Waals surface area contributed by atoms with Crippen molar-refractivity contribution < 1.29 is 51.0 Å². The number of halogens is 12. The van der Waals surface area contributed by atoms with Crippen LogP contribution in [0.25, 0.3) is 0 Å². The standard InChI is InChI=1S/2CF6Si/c2*2-1(3,4)8(5,6)7. The van der Waals surface area contributed by atoms with Crippen LogP contribution in [-0.2, 0) is 0 Å². The van der Waals surface area contributed by atoms with E-state index in [2.05, 4.69) is 0 Å². The zero-order valence-corrected chi connectivity index (χ0v) is 8.54. The number of rotatable bonds is 0. The van der Waals surface area contributed by atoms with Crippen LogP contribution in [0, 0.1) is 0 Å². The third kappa shape index (κ3) is 6.97. The summed E-state index contributed by atoms with van der Waals surface area (Å²) in [6.45, 7) is 0. The van der Waals surface area contributed by atoms with Crippen LogP contribution in [0.4, 0.5) is 51.0 Å². The van der Waals surface area contributed by atoms with Gasteiger partial charge >= 0.3 is 29.7 Å². The lowest BCUT2D eigenvalue weighted by Crippen LogP contribution is -2.37. The molecule has 0 aromatic carbocycles. The second kappa shape index (κ2) is 4.84.